The van der Waals surface area contributed by atoms with Crippen molar-refractivity contribution in [2.24, 2.45) is 17.8 Å². The first-order valence-corrected chi connectivity index (χ1v) is 5.84. The third kappa shape index (κ3) is 5.15. The fourth-order valence-electron chi connectivity index (χ4n) is 1.62. The molecule has 0 amide bonds. The molecule has 88 valence electrons. The second kappa shape index (κ2) is 6.81. The molecule has 0 aromatic rings. The molecule has 0 N–H and O–H groups in total. The molecule has 0 radical (unpaired) electrons. The van der Waals surface area contributed by atoms with Gasteiger partial charge in [0.25, 0.3) is 0 Å². The van der Waals surface area contributed by atoms with Gasteiger partial charge in [-0.1, -0.05) is 52.3 Å². The van der Waals surface area contributed by atoms with E-state index in [0.29, 0.717) is 17.8 Å². The van der Waals surface area contributed by atoms with Gasteiger partial charge in [-0.15, -0.1) is 0 Å². The highest BCUT2D eigenvalue weighted by Crippen LogP contribution is 2.22. The summed E-state index contributed by atoms with van der Waals surface area (Å²) in [6.07, 6.45) is 3.95. The zero-order chi connectivity index (χ0) is 12.0. The first kappa shape index (κ1) is 14.4. The van der Waals surface area contributed by atoms with Gasteiger partial charge in [0.1, 0.15) is 6.67 Å². The molecule has 0 aliphatic carbocycles. The molecule has 0 spiro atoms. The first-order valence-electron chi connectivity index (χ1n) is 5.84. The molecule has 0 saturated heterocycles. The van der Waals surface area contributed by atoms with Crippen LogP contribution in [-0.2, 0) is 0 Å². The average molecular weight is 212 g/mol. The van der Waals surface area contributed by atoms with Crippen molar-refractivity contribution in [3.63, 3.8) is 0 Å². The van der Waals surface area contributed by atoms with Crippen LogP contribution in [0.5, 0.6) is 0 Å². The Morgan fingerprint density at radius 2 is 1.67 bits per heavy atom. The molecule has 0 aromatic heterocycles. The van der Waals surface area contributed by atoms with Gasteiger partial charge in [0.05, 0.1) is 0 Å². The maximum Gasteiger partial charge on any atom is 0.108 e. The standard InChI is InChI=1S/C14H25F/c1-10(2)12(5)9-13(6)14(7-8-15)11(3)4/h7,9-12H,8H2,1-6H3/b13-9-,14-7-. The topological polar surface area (TPSA) is 0 Å². The first-order chi connectivity index (χ1) is 6.90. The lowest BCUT2D eigenvalue weighted by atomic mass is 9.90. The predicted molar refractivity (Wildman–Crippen MR) is 66.7 cm³/mol. The molecule has 0 bridgehead atoms. The van der Waals surface area contributed by atoms with Gasteiger partial charge in [-0.3, -0.25) is 0 Å². The summed E-state index contributed by atoms with van der Waals surface area (Å²) in [5.74, 6) is 1.59. The Hall–Kier alpha value is -0.590. The Balaban J connectivity index is 4.78. The summed E-state index contributed by atoms with van der Waals surface area (Å²) in [6, 6.07) is 0. The SMILES string of the molecule is CC(=C/C(C)C(C)C)/C(=C\CF)C(C)C. The van der Waals surface area contributed by atoms with E-state index in [1.165, 1.54) is 5.57 Å². The molecule has 1 atom stereocenters. The highest BCUT2D eigenvalue weighted by atomic mass is 19.1. The molecule has 0 heterocycles. The summed E-state index contributed by atoms with van der Waals surface area (Å²) < 4.78 is 12.4. The van der Waals surface area contributed by atoms with Crippen LogP contribution in [0.2, 0.25) is 0 Å². The Morgan fingerprint density at radius 3 is 2.00 bits per heavy atom. The monoisotopic (exact) mass is 212 g/mol. The quantitative estimate of drug-likeness (QED) is 0.575. The molecular formula is C14H25F. The van der Waals surface area contributed by atoms with Crippen LogP contribution < -0.4 is 0 Å². The molecule has 0 aliphatic heterocycles. The minimum absolute atomic E-state index is 0.366. The van der Waals surface area contributed by atoms with Crippen molar-refractivity contribution < 1.29 is 4.39 Å². The van der Waals surface area contributed by atoms with Gasteiger partial charge in [0.2, 0.25) is 0 Å². The normalized spacial score (nSPS) is 16.3. The van der Waals surface area contributed by atoms with Crippen LogP contribution >= 0.6 is 0 Å². The Kier molecular flexibility index (Phi) is 6.55. The fourth-order valence-corrected chi connectivity index (χ4v) is 1.62. The van der Waals surface area contributed by atoms with Crippen molar-refractivity contribution in [2.75, 3.05) is 6.67 Å². The summed E-state index contributed by atoms with van der Waals surface area (Å²) in [5.41, 5.74) is 2.37. The molecular weight excluding hydrogens is 187 g/mol. The zero-order valence-corrected chi connectivity index (χ0v) is 11.0. The second-order valence-corrected chi connectivity index (χ2v) is 4.92. The molecule has 0 rings (SSSR count). The van der Waals surface area contributed by atoms with Crippen LogP contribution in [0.25, 0.3) is 0 Å². The maximum absolute atomic E-state index is 12.4. The second-order valence-electron chi connectivity index (χ2n) is 4.92. The molecule has 15 heavy (non-hydrogen) atoms. The van der Waals surface area contributed by atoms with Crippen molar-refractivity contribution in [3.05, 3.63) is 23.3 Å². The minimum Gasteiger partial charge on any atom is -0.247 e. The molecule has 0 aliphatic rings. The Bertz CT molecular complexity index is 234. The summed E-state index contributed by atoms with van der Waals surface area (Å²) in [6.45, 7) is 12.6. The van der Waals surface area contributed by atoms with Gasteiger partial charge in [-0.25, -0.2) is 4.39 Å². The summed E-state index contributed by atoms with van der Waals surface area (Å²) in [7, 11) is 0. The minimum atomic E-state index is -0.366. The van der Waals surface area contributed by atoms with Crippen LogP contribution in [0, 0.1) is 17.8 Å². The van der Waals surface area contributed by atoms with E-state index >= 15 is 0 Å². The maximum atomic E-state index is 12.4. The van der Waals surface area contributed by atoms with Gasteiger partial charge in [-0.2, -0.15) is 0 Å². The molecule has 1 heteroatoms. The third-order valence-electron chi connectivity index (χ3n) is 2.94. The molecule has 1 unspecified atom stereocenters. The highest BCUT2D eigenvalue weighted by Gasteiger charge is 2.09. The van der Waals surface area contributed by atoms with Crippen LogP contribution in [0.3, 0.4) is 0 Å². The van der Waals surface area contributed by atoms with E-state index < -0.39 is 0 Å². The van der Waals surface area contributed by atoms with Gasteiger partial charge < -0.3 is 0 Å². The zero-order valence-electron chi connectivity index (χ0n) is 11.0. The van der Waals surface area contributed by atoms with E-state index in [4.69, 9.17) is 0 Å². The molecule has 0 nitrogen and oxygen atoms in total. The number of alkyl halides is 1. The summed E-state index contributed by atoms with van der Waals surface area (Å²) in [4.78, 5) is 0. The number of hydrogen-bond donors (Lipinski definition) is 0. The highest BCUT2D eigenvalue weighted by molar-refractivity contribution is 5.31. The van der Waals surface area contributed by atoms with Gasteiger partial charge in [-0.05, 0) is 30.3 Å². The van der Waals surface area contributed by atoms with E-state index in [1.54, 1.807) is 6.08 Å². The smallest absolute Gasteiger partial charge is 0.108 e. The van der Waals surface area contributed by atoms with E-state index in [1.807, 2.05) is 0 Å². The van der Waals surface area contributed by atoms with E-state index in [-0.39, 0.29) is 6.67 Å². The number of rotatable bonds is 5. The van der Waals surface area contributed by atoms with E-state index in [2.05, 4.69) is 47.6 Å². The molecule has 0 fully saturated rings. The van der Waals surface area contributed by atoms with Gasteiger partial charge in [0.15, 0.2) is 0 Å². The van der Waals surface area contributed by atoms with Crippen LogP contribution in [0.1, 0.15) is 41.5 Å². The van der Waals surface area contributed by atoms with Crippen LogP contribution in [-0.4, -0.2) is 6.67 Å². The number of hydrogen-bond acceptors (Lipinski definition) is 0. The largest absolute Gasteiger partial charge is 0.247 e. The van der Waals surface area contributed by atoms with Gasteiger partial charge >= 0.3 is 0 Å². The average Bonchev–Trinajstić information content (AvgIpc) is 2.12. The fraction of sp³-hybridized carbons (Fsp3) is 0.714. The lowest BCUT2D eigenvalue weighted by Gasteiger charge is -2.16. The van der Waals surface area contributed by atoms with Crippen LogP contribution in [0.15, 0.2) is 23.3 Å². The van der Waals surface area contributed by atoms with Crippen molar-refractivity contribution in [2.45, 2.75) is 41.5 Å². The Labute approximate surface area is 94.3 Å². The number of halogens is 1. The summed E-state index contributed by atoms with van der Waals surface area (Å²) in [5, 5.41) is 0. The lowest BCUT2D eigenvalue weighted by Crippen LogP contribution is -2.03. The lowest BCUT2D eigenvalue weighted by molar-refractivity contribution is 0.501. The predicted octanol–water partition coefficient (Wildman–Crippen LogP) is 4.78. The summed E-state index contributed by atoms with van der Waals surface area (Å²) >= 11 is 0. The van der Waals surface area contributed by atoms with Crippen molar-refractivity contribution >= 4 is 0 Å². The number of allylic oxidation sites excluding steroid dienone is 4. The van der Waals surface area contributed by atoms with E-state index in [0.717, 1.165) is 5.57 Å². The van der Waals surface area contributed by atoms with E-state index in [9.17, 15) is 4.39 Å². The van der Waals surface area contributed by atoms with Crippen molar-refractivity contribution in [3.8, 4) is 0 Å². The van der Waals surface area contributed by atoms with Gasteiger partial charge in [0, 0.05) is 0 Å². The molecule has 0 aromatic carbocycles. The van der Waals surface area contributed by atoms with Crippen molar-refractivity contribution in [1.82, 2.24) is 0 Å². The third-order valence-corrected chi connectivity index (χ3v) is 2.94. The molecule has 0 saturated carbocycles. The van der Waals surface area contributed by atoms with Crippen molar-refractivity contribution in [1.29, 1.82) is 0 Å². The Morgan fingerprint density at radius 1 is 1.13 bits per heavy atom. The van der Waals surface area contributed by atoms with Crippen LogP contribution in [0.4, 0.5) is 4.39 Å².